The van der Waals surface area contributed by atoms with Crippen molar-refractivity contribution < 1.29 is 4.79 Å². The normalized spacial score (nSPS) is 12.3. The van der Waals surface area contributed by atoms with Gasteiger partial charge in [-0.15, -0.1) is 0 Å². The molecule has 3 N–H and O–H groups in total. The van der Waals surface area contributed by atoms with E-state index in [0.717, 1.165) is 33.9 Å². The summed E-state index contributed by atoms with van der Waals surface area (Å²) in [5.41, 5.74) is 9.70. The van der Waals surface area contributed by atoms with Gasteiger partial charge in [-0.05, 0) is 54.8 Å². The van der Waals surface area contributed by atoms with Gasteiger partial charge in [0.25, 0.3) is 0 Å². The van der Waals surface area contributed by atoms with Crippen LogP contribution in [0, 0.1) is 0 Å². The first-order valence-corrected chi connectivity index (χ1v) is 9.57. The van der Waals surface area contributed by atoms with Crippen LogP contribution in [0.2, 0.25) is 0 Å². The summed E-state index contributed by atoms with van der Waals surface area (Å²) in [6.45, 7) is 0. The summed E-state index contributed by atoms with van der Waals surface area (Å²) in [5.74, 6) is 1.63. The van der Waals surface area contributed by atoms with Crippen molar-refractivity contribution in [3.63, 3.8) is 0 Å². The van der Waals surface area contributed by atoms with Crippen LogP contribution < -0.4 is 11.1 Å². The van der Waals surface area contributed by atoms with Gasteiger partial charge in [0.05, 0.1) is 17.1 Å². The molecule has 0 radical (unpaired) electrons. The number of amides is 1. The first-order valence-electron chi connectivity index (χ1n) is 8.17. The lowest BCUT2D eigenvalue weighted by Gasteiger charge is -2.12. The van der Waals surface area contributed by atoms with Crippen LogP contribution in [0.25, 0.3) is 22.4 Å². The third-order valence-corrected chi connectivity index (χ3v) is 4.81. The molecule has 0 aliphatic heterocycles. The molecular formula is C19H22N4OS. The number of aryl methyl sites for hydroxylation is 1. The zero-order valence-electron chi connectivity index (χ0n) is 14.4. The molecule has 5 nitrogen and oxygen atoms in total. The van der Waals surface area contributed by atoms with E-state index >= 15 is 0 Å². The Hall–Kier alpha value is -2.31. The number of para-hydroxylation sites is 2. The second kappa shape index (κ2) is 7.72. The molecule has 0 fully saturated rings. The zero-order chi connectivity index (χ0) is 17.8. The molecule has 1 aromatic heterocycles. The maximum atomic E-state index is 12.1. The summed E-state index contributed by atoms with van der Waals surface area (Å²) in [7, 11) is 2.01. The first kappa shape index (κ1) is 17.5. The molecule has 1 heterocycles. The van der Waals surface area contributed by atoms with Crippen LogP contribution in [0.15, 0.2) is 48.5 Å². The van der Waals surface area contributed by atoms with Crippen LogP contribution >= 0.6 is 11.8 Å². The van der Waals surface area contributed by atoms with Crippen LogP contribution in [-0.2, 0) is 11.8 Å². The standard InChI is InChI=1S/C19H22N4OS/c1-23-17-6-4-3-5-16(17)22-18(23)13-7-9-14(10-8-13)21-19(24)15(20)11-12-25-2/h3-10,15H,11-12,20H2,1-2H3,(H,21,24)/t15-/m0/s1. The number of aromatic nitrogens is 2. The second-order valence-corrected chi connectivity index (χ2v) is 6.92. The Kier molecular flexibility index (Phi) is 5.40. The topological polar surface area (TPSA) is 72.9 Å². The molecule has 130 valence electrons. The van der Waals surface area contributed by atoms with Gasteiger partial charge >= 0.3 is 0 Å². The number of nitrogens with two attached hydrogens (primary N) is 1. The van der Waals surface area contributed by atoms with Crippen molar-refractivity contribution in [2.24, 2.45) is 12.8 Å². The molecule has 6 heteroatoms. The van der Waals surface area contributed by atoms with E-state index in [-0.39, 0.29) is 5.91 Å². The second-order valence-electron chi connectivity index (χ2n) is 5.94. The highest BCUT2D eigenvalue weighted by Crippen LogP contribution is 2.24. The van der Waals surface area contributed by atoms with Gasteiger partial charge in [0.1, 0.15) is 5.82 Å². The molecule has 0 aliphatic rings. The van der Waals surface area contributed by atoms with Crippen molar-refractivity contribution in [3.8, 4) is 11.4 Å². The van der Waals surface area contributed by atoms with Gasteiger partial charge in [-0.3, -0.25) is 4.79 Å². The fourth-order valence-corrected chi connectivity index (χ4v) is 3.21. The zero-order valence-corrected chi connectivity index (χ0v) is 15.2. The van der Waals surface area contributed by atoms with Gasteiger partial charge in [0, 0.05) is 18.3 Å². The summed E-state index contributed by atoms with van der Waals surface area (Å²) >= 11 is 1.69. The molecule has 1 atom stereocenters. The van der Waals surface area contributed by atoms with E-state index in [4.69, 9.17) is 5.73 Å². The Morgan fingerprint density at radius 2 is 1.96 bits per heavy atom. The maximum Gasteiger partial charge on any atom is 0.241 e. The van der Waals surface area contributed by atoms with Crippen molar-refractivity contribution in [1.29, 1.82) is 0 Å². The summed E-state index contributed by atoms with van der Waals surface area (Å²) in [4.78, 5) is 16.8. The molecule has 0 unspecified atom stereocenters. The highest BCUT2D eigenvalue weighted by molar-refractivity contribution is 7.98. The predicted octanol–water partition coefficient (Wildman–Crippen LogP) is 3.26. The number of carbonyl (C=O) groups is 1. The van der Waals surface area contributed by atoms with E-state index in [2.05, 4.69) is 20.9 Å². The van der Waals surface area contributed by atoms with Gasteiger partial charge in [-0.25, -0.2) is 4.98 Å². The number of benzene rings is 2. The SMILES string of the molecule is CSCC[C@H](N)C(=O)Nc1ccc(-c2nc3ccccc3n2C)cc1. The molecule has 0 bridgehead atoms. The van der Waals surface area contributed by atoms with Gasteiger partial charge in [0.2, 0.25) is 5.91 Å². The van der Waals surface area contributed by atoms with Crippen molar-refractivity contribution in [2.75, 3.05) is 17.3 Å². The van der Waals surface area contributed by atoms with Gasteiger partial charge in [-0.1, -0.05) is 12.1 Å². The van der Waals surface area contributed by atoms with Gasteiger partial charge < -0.3 is 15.6 Å². The first-order chi connectivity index (χ1) is 12.1. The largest absolute Gasteiger partial charge is 0.327 e. The third kappa shape index (κ3) is 3.86. The lowest BCUT2D eigenvalue weighted by atomic mass is 10.1. The van der Waals surface area contributed by atoms with Crippen LogP contribution in [0.5, 0.6) is 0 Å². The van der Waals surface area contributed by atoms with Crippen molar-refractivity contribution in [2.45, 2.75) is 12.5 Å². The molecule has 3 aromatic rings. The van der Waals surface area contributed by atoms with Crippen LogP contribution in [0.4, 0.5) is 5.69 Å². The Bertz CT molecular complexity index is 873. The molecule has 1 amide bonds. The van der Waals surface area contributed by atoms with Gasteiger partial charge in [0.15, 0.2) is 0 Å². The third-order valence-electron chi connectivity index (χ3n) is 4.17. The van der Waals surface area contributed by atoms with Crippen LogP contribution in [0.3, 0.4) is 0 Å². The highest BCUT2D eigenvalue weighted by atomic mass is 32.2. The average Bonchev–Trinajstić information content (AvgIpc) is 2.97. The quantitative estimate of drug-likeness (QED) is 0.713. The van der Waals surface area contributed by atoms with E-state index in [9.17, 15) is 4.79 Å². The van der Waals surface area contributed by atoms with Crippen LogP contribution in [-0.4, -0.2) is 33.5 Å². The van der Waals surface area contributed by atoms with E-state index in [0.29, 0.717) is 6.42 Å². The number of hydrogen-bond donors (Lipinski definition) is 2. The van der Waals surface area contributed by atoms with Crippen molar-refractivity contribution in [1.82, 2.24) is 9.55 Å². The number of carbonyl (C=O) groups excluding carboxylic acids is 1. The summed E-state index contributed by atoms with van der Waals surface area (Å²) in [6, 6.07) is 15.3. The molecule has 0 spiro atoms. The molecule has 0 saturated heterocycles. The average molecular weight is 354 g/mol. The minimum atomic E-state index is -0.480. The van der Waals surface area contributed by atoms with E-state index < -0.39 is 6.04 Å². The van der Waals surface area contributed by atoms with E-state index in [1.165, 1.54) is 0 Å². The molecule has 25 heavy (non-hydrogen) atoms. The molecule has 0 aliphatic carbocycles. The van der Waals surface area contributed by atoms with Gasteiger partial charge in [-0.2, -0.15) is 11.8 Å². The number of nitrogens with one attached hydrogen (secondary N) is 1. The minimum absolute atomic E-state index is 0.149. The maximum absolute atomic E-state index is 12.1. The fourth-order valence-electron chi connectivity index (χ4n) is 2.72. The smallest absolute Gasteiger partial charge is 0.241 e. The van der Waals surface area contributed by atoms with Crippen molar-refractivity contribution in [3.05, 3.63) is 48.5 Å². The number of hydrogen-bond acceptors (Lipinski definition) is 4. The molecule has 0 saturated carbocycles. The summed E-state index contributed by atoms with van der Waals surface area (Å²) < 4.78 is 2.07. The summed E-state index contributed by atoms with van der Waals surface area (Å²) in [6.07, 6.45) is 2.68. The Morgan fingerprint density at radius 3 is 2.64 bits per heavy atom. The molecular weight excluding hydrogens is 332 g/mol. The monoisotopic (exact) mass is 354 g/mol. The number of rotatable bonds is 6. The number of nitrogens with zero attached hydrogens (tertiary/aromatic N) is 2. The Balaban J connectivity index is 1.75. The van der Waals surface area contributed by atoms with Crippen molar-refractivity contribution >= 4 is 34.4 Å². The molecule has 2 aromatic carbocycles. The van der Waals surface area contributed by atoms with E-state index in [1.807, 2.05) is 55.8 Å². The number of imidazole rings is 1. The Morgan fingerprint density at radius 1 is 1.24 bits per heavy atom. The fraction of sp³-hybridized carbons (Fsp3) is 0.263. The number of fused-ring (bicyclic) bond motifs is 1. The number of thioether (sulfide) groups is 1. The van der Waals surface area contributed by atoms with E-state index in [1.54, 1.807) is 11.8 Å². The Labute approximate surface area is 151 Å². The highest BCUT2D eigenvalue weighted by Gasteiger charge is 2.14. The number of anilines is 1. The van der Waals surface area contributed by atoms with Crippen LogP contribution in [0.1, 0.15) is 6.42 Å². The lowest BCUT2D eigenvalue weighted by Crippen LogP contribution is -2.36. The molecule has 3 rings (SSSR count). The lowest BCUT2D eigenvalue weighted by molar-refractivity contribution is -0.117. The minimum Gasteiger partial charge on any atom is -0.327 e. The summed E-state index contributed by atoms with van der Waals surface area (Å²) in [5, 5.41) is 2.87. The predicted molar refractivity (Wildman–Crippen MR) is 106 cm³/mol.